The predicted octanol–water partition coefficient (Wildman–Crippen LogP) is 2.27. The topological polar surface area (TPSA) is 3.24 Å². The van der Waals surface area contributed by atoms with E-state index >= 15 is 0 Å². The average Bonchev–Trinajstić information content (AvgIpc) is 2.72. The molecular formula is C9H19N. The van der Waals surface area contributed by atoms with Crippen molar-refractivity contribution >= 4 is 0 Å². The fourth-order valence-electron chi connectivity index (χ4n) is 1.93. The first-order valence-corrected chi connectivity index (χ1v) is 4.54. The molecule has 0 atom stereocenters. The highest BCUT2D eigenvalue weighted by Gasteiger charge is 2.44. The first-order valence-electron chi connectivity index (χ1n) is 4.54. The van der Waals surface area contributed by atoms with Crippen LogP contribution in [0.15, 0.2) is 0 Å². The zero-order chi connectivity index (χ0) is 7.61. The molecule has 1 aliphatic rings. The van der Waals surface area contributed by atoms with E-state index in [1.54, 1.807) is 0 Å². The maximum Gasteiger partial charge on any atom is 0.0208 e. The molecule has 0 saturated heterocycles. The number of nitrogens with zero attached hydrogens (tertiary/aromatic N) is 1. The summed E-state index contributed by atoms with van der Waals surface area (Å²) in [5, 5.41) is 0. The van der Waals surface area contributed by atoms with Gasteiger partial charge in [-0.05, 0) is 32.4 Å². The molecule has 0 aromatic rings. The lowest BCUT2D eigenvalue weighted by molar-refractivity contribution is 0.191. The van der Waals surface area contributed by atoms with Gasteiger partial charge in [-0.15, -0.1) is 0 Å². The summed E-state index contributed by atoms with van der Waals surface area (Å²) in [6, 6.07) is 0. The molecule has 10 heavy (non-hydrogen) atoms. The zero-order valence-corrected chi connectivity index (χ0v) is 7.48. The molecule has 1 saturated carbocycles. The zero-order valence-electron chi connectivity index (χ0n) is 7.48. The van der Waals surface area contributed by atoms with Crippen molar-refractivity contribution in [3.63, 3.8) is 0 Å². The highest BCUT2D eigenvalue weighted by Crippen LogP contribution is 2.44. The Morgan fingerprint density at radius 3 is 1.70 bits per heavy atom. The van der Waals surface area contributed by atoms with E-state index in [1.807, 2.05) is 0 Å². The molecule has 0 aliphatic heterocycles. The van der Waals surface area contributed by atoms with Crippen molar-refractivity contribution < 1.29 is 0 Å². The molecule has 0 amide bonds. The van der Waals surface area contributed by atoms with Crippen LogP contribution in [0.5, 0.6) is 0 Å². The van der Waals surface area contributed by atoms with E-state index < -0.39 is 0 Å². The van der Waals surface area contributed by atoms with E-state index in [-0.39, 0.29) is 0 Å². The van der Waals surface area contributed by atoms with Gasteiger partial charge in [0.1, 0.15) is 0 Å². The van der Waals surface area contributed by atoms with Crippen molar-refractivity contribution in [2.24, 2.45) is 0 Å². The smallest absolute Gasteiger partial charge is 0.0208 e. The van der Waals surface area contributed by atoms with Gasteiger partial charge in [0.2, 0.25) is 0 Å². The molecule has 60 valence electrons. The van der Waals surface area contributed by atoms with E-state index in [0.717, 1.165) is 0 Å². The summed E-state index contributed by atoms with van der Waals surface area (Å²) < 4.78 is 0. The minimum atomic E-state index is 0.642. The largest absolute Gasteiger partial charge is 0.298 e. The standard InChI is InChI=1S/C9H19N/c1-4-9(7-8-9)10(5-2)6-3/h4-8H2,1-3H3. The van der Waals surface area contributed by atoms with Gasteiger partial charge < -0.3 is 0 Å². The maximum absolute atomic E-state index is 2.60. The Kier molecular flexibility index (Phi) is 2.35. The quantitative estimate of drug-likeness (QED) is 0.580. The number of hydrogen-bond acceptors (Lipinski definition) is 1. The Morgan fingerprint density at radius 2 is 1.60 bits per heavy atom. The van der Waals surface area contributed by atoms with E-state index in [1.165, 1.54) is 32.4 Å². The lowest BCUT2D eigenvalue weighted by Gasteiger charge is -2.28. The Morgan fingerprint density at radius 1 is 1.10 bits per heavy atom. The SMILES string of the molecule is CCN(CC)C1(CC)CC1. The van der Waals surface area contributed by atoms with Crippen LogP contribution in [0.3, 0.4) is 0 Å². The van der Waals surface area contributed by atoms with Crippen LogP contribution in [-0.2, 0) is 0 Å². The van der Waals surface area contributed by atoms with Crippen molar-refractivity contribution in [2.45, 2.75) is 45.6 Å². The van der Waals surface area contributed by atoms with Gasteiger partial charge in [-0.2, -0.15) is 0 Å². The second-order valence-electron chi connectivity index (χ2n) is 3.25. The van der Waals surface area contributed by atoms with Crippen LogP contribution in [0.4, 0.5) is 0 Å². The van der Waals surface area contributed by atoms with Crippen molar-refractivity contribution in [1.82, 2.24) is 4.90 Å². The fourth-order valence-corrected chi connectivity index (χ4v) is 1.93. The minimum Gasteiger partial charge on any atom is -0.298 e. The van der Waals surface area contributed by atoms with Gasteiger partial charge in [-0.3, -0.25) is 4.90 Å². The second-order valence-corrected chi connectivity index (χ2v) is 3.25. The van der Waals surface area contributed by atoms with E-state index in [2.05, 4.69) is 25.7 Å². The molecule has 1 rings (SSSR count). The van der Waals surface area contributed by atoms with Gasteiger partial charge >= 0.3 is 0 Å². The molecular weight excluding hydrogens is 122 g/mol. The number of rotatable bonds is 4. The summed E-state index contributed by atoms with van der Waals surface area (Å²) >= 11 is 0. The summed E-state index contributed by atoms with van der Waals surface area (Å²) in [4.78, 5) is 2.60. The summed E-state index contributed by atoms with van der Waals surface area (Å²) in [7, 11) is 0. The summed E-state index contributed by atoms with van der Waals surface area (Å²) in [6.45, 7) is 9.29. The summed E-state index contributed by atoms with van der Waals surface area (Å²) in [5.74, 6) is 0. The highest BCUT2D eigenvalue weighted by molar-refractivity contribution is 5.01. The van der Waals surface area contributed by atoms with Crippen molar-refractivity contribution in [2.75, 3.05) is 13.1 Å². The maximum atomic E-state index is 2.60. The molecule has 1 nitrogen and oxygen atoms in total. The summed E-state index contributed by atoms with van der Waals surface area (Å²) in [5.41, 5.74) is 0.642. The lowest BCUT2D eigenvalue weighted by Crippen LogP contribution is -2.36. The summed E-state index contributed by atoms with van der Waals surface area (Å²) in [6.07, 6.45) is 4.21. The van der Waals surface area contributed by atoms with Gasteiger partial charge in [0.05, 0.1) is 0 Å². The third-order valence-corrected chi connectivity index (χ3v) is 2.92. The third-order valence-electron chi connectivity index (χ3n) is 2.92. The molecule has 0 aromatic carbocycles. The molecule has 1 aliphatic carbocycles. The van der Waals surface area contributed by atoms with E-state index in [9.17, 15) is 0 Å². The Bertz CT molecular complexity index is 101. The van der Waals surface area contributed by atoms with Crippen LogP contribution in [0.2, 0.25) is 0 Å². The highest BCUT2D eigenvalue weighted by atomic mass is 15.2. The normalized spacial score (nSPS) is 21.6. The third kappa shape index (κ3) is 1.20. The molecule has 0 spiro atoms. The molecule has 1 fully saturated rings. The molecule has 0 N–H and O–H groups in total. The van der Waals surface area contributed by atoms with E-state index in [4.69, 9.17) is 0 Å². The van der Waals surface area contributed by atoms with Gasteiger partial charge in [-0.25, -0.2) is 0 Å². The lowest BCUT2D eigenvalue weighted by atomic mass is 10.1. The molecule has 0 unspecified atom stereocenters. The van der Waals surface area contributed by atoms with Crippen LogP contribution >= 0.6 is 0 Å². The second kappa shape index (κ2) is 2.91. The van der Waals surface area contributed by atoms with Crippen LogP contribution < -0.4 is 0 Å². The first kappa shape index (κ1) is 8.06. The van der Waals surface area contributed by atoms with Gasteiger partial charge in [0.15, 0.2) is 0 Å². The van der Waals surface area contributed by atoms with Crippen molar-refractivity contribution in [3.05, 3.63) is 0 Å². The van der Waals surface area contributed by atoms with Crippen molar-refractivity contribution in [3.8, 4) is 0 Å². The van der Waals surface area contributed by atoms with Gasteiger partial charge in [-0.1, -0.05) is 20.8 Å². The van der Waals surface area contributed by atoms with Crippen LogP contribution in [0.1, 0.15) is 40.0 Å². The first-order chi connectivity index (χ1) is 4.79. The van der Waals surface area contributed by atoms with Crippen LogP contribution in [0, 0.1) is 0 Å². The monoisotopic (exact) mass is 141 g/mol. The Hall–Kier alpha value is -0.0400. The van der Waals surface area contributed by atoms with E-state index in [0.29, 0.717) is 5.54 Å². The van der Waals surface area contributed by atoms with Crippen LogP contribution in [0.25, 0.3) is 0 Å². The molecule has 0 radical (unpaired) electrons. The molecule has 0 heterocycles. The Balaban J connectivity index is 2.43. The fraction of sp³-hybridized carbons (Fsp3) is 1.00. The van der Waals surface area contributed by atoms with Crippen molar-refractivity contribution in [1.29, 1.82) is 0 Å². The van der Waals surface area contributed by atoms with Gasteiger partial charge in [0.25, 0.3) is 0 Å². The Labute approximate surface area is 64.4 Å². The molecule has 1 heteroatoms. The minimum absolute atomic E-state index is 0.642. The molecule has 0 bridgehead atoms. The average molecular weight is 141 g/mol. The molecule has 0 aromatic heterocycles. The number of hydrogen-bond donors (Lipinski definition) is 0. The van der Waals surface area contributed by atoms with Gasteiger partial charge in [0, 0.05) is 5.54 Å². The predicted molar refractivity (Wildman–Crippen MR) is 45.2 cm³/mol. The van der Waals surface area contributed by atoms with Crippen LogP contribution in [-0.4, -0.2) is 23.5 Å².